The molecule has 2 heterocycles. The Balaban J connectivity index is 2.49. The lowest BCUT2D eigenvalue weighted by Gasteiger charge is -2.01. The van der Waals surface area contributed by atoms with Crippen molar-refractivity contribution in [3.05, 3.63) is 30.2 Å². The summed E-state index contributed by atoms with van der Waals surface area (Å²) in [7, 11) is 0. The standard InChI is InChI=1S/C10H11N5/c1-2-8-13-9(15-10(11)14-8)7-5-3-4-6-12-7/h3-6H,2H2,1H3,(H2,11,13,14,15). The van der Waals surface area contributed by atoms with Gasteiger partial charge < -0.3 is 5.73 Å². The van der Waals surface area contributed by atoms with E-state index in [-0.39, 0.29) is 5.95 Å². The molecule has 0 aromatic carbocycles. The Bertz CT molecular complexity index is 455. The van der Waals surface area contributed by atoms with E-state index in [1.165, 1.54) is 0 Å². The fourth-order valence-electron chi connectivity index (χ4n) is 1.21. The first-order valence-corrected chi connectivity index (χ1v) is 4.71. The molecule has 2 rings (SSSR count). The van der Waals surface area contributed by atoms with E-state index in [1.807, 2.05) is 25.1 Å². The SMILES string of the molecule is CCc1nc(N)nc(-c2ccccn2)n1. The molecule has 0 aliphatic heterocycles. The van der Waals surface area contributed by atoms with Crippen LogP contribution in [0.25, 0.3) is 11.5 Å². The second kappa shape index (κ2) is 4.00. The lowest BCUT2D eigenvalue weighted by atomic mass is 10.3. The summed E-state index contributed by atoms with van der Waals surface area (Å²) in [5.41, 5.74) is 6.29. The van der Waals surface area contributed by atoms with E-state index in [0.717, 1.165) is 6.42 Å². The van der Waals surface area contributed by atoms with E-state index < -0.39 is 0 Å². The normalized spacial score (nSPS) is 10.2. The zero-order valence-electron chi connectivity index (χ0n) is 8.38. The molecule has 5 heteroatoms. The summed E-state index contributed by atoms with van der Waals surface area (Å²) in [5, 5.41) is 0. The highest BCUT2D eigenvalue weighted by atomic mass is 15.1. The lowest BCUT2D eigenvalue weighted by molar-refractivity contribution is 0.909. The van der Waals surface area contributed by atoms with Crippen molar-refractivity contribution in [2.75, 3.05) is 5.73 Å². The molecule has 2 N–H and O–H groups in total. The number of anilines is 1. The Morgan fingerprint density at radius 2 is 2.07 bits per heavy atom. The Kier molecular flexibility index (Phi) is 2.53. The van der Waals surface area contributed by atoms with Gasteiger partial charge in [-0.2, -0.15) is 9.97 Å². The molecule has 76 valence electrons. The van der Waals surface area contributed by atoms with Gasteiger partial charge in [-0.15, -0.1) is 0 Å². The minimum Gasteiger partial charge on any atom is -0.368 e. The van der Waals surface area contributed by atoms with Crippen molar-refractivity contribution >= 4 is 5.95 Å². The van der Waals surface area contributed by atoms with Crippen LogP contribution in [-0.2, 0) is 6.42 Å². The molecule has 0 bridgehead atoms. The number of aryl methyl sites for hydroxylation is 1. The zero-order valence-corrected chi connectivity index (χ0v) is 8.38. The van der Waals surface area contributed by atoms with Gasteiger partial charge in [0.1, 0.15) is 11.5 Å². The first-order valence-electron chi connectivity index (χ1n) is 4.71. The van der Waals surface area contributed by atoms with Gasteiger partial charge in [0.2, 0.25) is 5.95 Å². The Morgan fingerprint density at radius 1 is 1.20 bits per heavy atom. The van der Waals surface area contributed by atoms with Gasteiger partial charge in [-0.05, 0) is 12.1 Å². The van der Waals surface area contributed by atoms with Gasteiger partial charge in [0, 0.05) is 12.6 Å². The highest BCUT2D eigenvalue weighted by Gasteiger charge is 2.05. The molecule has 0 saturated heterocycles. The molecule has 0 aliphatic carbocycles. The zero-order chi connectivity index (χ0) is 10.7. The summed E-state index contributed by atoms with van der Waals surface area (Å²) in [6, 6.07) is 5.57. The average Bonchev–Trinajstić information content (AvgIpc) is 2.29. The van der Waals surface area contributed by atoms with E-state index >= 15 is 0 Å². The van der Waals surface area contributed by atoms with Crippen molar-refractivity contribution in [1.29, 1.82) is 0 Å². The molecule has 5 nitrogen and oxygen atoms in total. The third kappa shape index (κ3) is 2.07. The molecule has 0 atom stereocenters. The second-order valence-corrected chi connectivity index (χ2v) is 3.00. The van der Waals surface area contributed by atoms with Crippen molar-refractivity contribution in [2.45, 2.75) is 13.3 Å². The number of hydrogen-bond acceptors (Lipinski definition) is 5. The van der Waals surface area contributed by atoms with Gasteiger partial charge in [0.05, 0.1) is 0 Å². The van der Waals surface area contributed by atoms with E-state index in [9.17, 15) is 0 Å². The highest BCUT2D eigenvalue weighted by molar-refractivity contribution is 5.49. The minimum absolute atomic E-state index is 0.238. The third-order valence-corrected chi connectivity index (χ3v) is 1.91. The van der Waals surface area contributed by atoms with Crippen molar-refractivity contribution in [2.24, 2.45) is 0 Å². The molecule has 0 fully saturated rings. The quantitative estimate of drug-likeness (QED) is 0.786. The van der Waals surface area contributed by atoms with E-state index in [1.54, 1.807) is 6.20 Å². The number of rotatable bonds is 2. The summed E-state index contributed by atoms with van der Waals surface area (Å²) < 4.78 is 0. The van der Waals surface area contributed by atoms with Crippen LogP contribution >= 0.6 is 0 Å². The highest BCUT2D eigenvalue weighted by Crippen LogP contribution is 2.11. The monoisotopic (exact) mass is 201 g/mol. The summed E-state index contributed by atoms with van der Waals surface area (Å²) in [5.74, 6) is 1.45. The molecular formula is C10H11N5. The van der Waals surface area contributed by atoms with Gasteiger partial charge in [-0.25, -0.2) is 4.98 Å². The first-order chi connectivity index (χ1) is 7.29. The first kappa shape index (κ1) is 9.51. The van der Waals surface area contributed by atoms with E-state index in [0.29, 0.717) is 17.3 Å². The Morgan fingerprint density at radius 3 is 2.73 bits per heavy atom. The Hall–Kier alpha value is -2.04. The van der Waals surface area contributed by atoms with Crippen LogP contribution < -0.4 is 5.73 Å². The maximum Gasteiger partial charge on any atom is 0.223 e. The van der Waals surface area contributed by atoms with Crippen LogP contribution in [0.2, 0.25) is 0 Å². The molecule has 0 aliphatic rings. The minimum atomic E-state index is 0.238. The van der Waals surface area contributed by atoms with Gasteiger partial charge >= 0.3 is 0 Å². The fraction of sp³-hybridized carbons (Fsp3) is 0.200. The van der Waals surface area contributed by atoms with Crippen LogP contribution in [-0.4, -0.2) is 19.9 Å². The van der Waals surface area contributed by atoms with Gasteiger partial charge in [-0.1, -0.05) is 13.0 Å². The van der Waals surface area contributed by atoms with Crippen molar-refractivity contribution < 1.29 is 0 Å². The smallest absolute Gasteiger partial charge is 0.223 e. The van der Waals surface area contributed by atoms with Gasteiger partial charge in [0.25, 0.3) is 0 Å². The summed E-state index contributed by atoms with van der Waals surface area (Å²) >= 11 is 0. The summed E-state index contributed by atoms with van der Waals surface area (Å²) in [6.45, 7) is 1.97. The van der Waals surface area contributed by atoms with Crippen LogP contribution in [0.5, 0.6) is 0 Å². The van der Waals surface area contributed by atoms with Gasteiger partial charge in [-0.3, -0.25) is 4.98 Å². The van der Waals surface area contributed by atoms with Crippen LogP contribution in [0.4, 0.5) is 5.95 Å². The number of aromatic nitrogens is 4. The van der Waals surface area contributed by atoms with E-state index in [4.69, 9.17) is 5.73 Å². The fourth-order valence-corrected chi connectivity index (χ4v) is 1.21. The maximum absolute atomic E-state index is 5.58. The molecule has 0 amide bonds. The number of nitrogens with two attached hydrogens (primary N) is 1. The Labute approximate surface area is 87.4 Å². The number of nitrogen functional groups attached to an aromatic ring is 1. The van der Waals surface area contributed by atoms with Gasteiger partial charge in [0.15, 0.2) is 5.82 Å². The molecule has 0 saturated carbocycles. The average molecular weight is 201 g/mol. The second-order valence-electron chi connectivity index (χ2n) is 3.00. The topological polar surface area (TPSA) is 77.6 Å². The van der Waals surface area contributed by atoms with Crippen molar-refractivity contribution in [1.82, 2.24) is 19.9 Å². The third-order valence-electron chi connectivity index (χ3n) is 1.91. The predicted octanol–water partition coefficient (Wildman–Crippen LogP) is 1.08. The number of hydrogen-bond donors (Lipinski definition) is 1. The molecule has 15 heavy (non-hydrogen) atoms. The number of nitrogens with zero attached hydrogens (tertiary/aromatic N) is 4. The maximum atomic E-state index is 5.58. The number of pyridine rings is 1. The molecule has 0 radical (unpaired) electrons. The molecule has 0 unspecified atom stereocenters. The molecule has 2 aromatic rings. The molecule has 0 spiro atoms. The molecular weight excluding hydrogens is 190 g/mol. The molecule has 2 aromatic heterocycles. The van der Waals surface area contributed by atoms with E-state index in [2.05, 4.69) is 19.9 Å². The van der Waals surface area contributed by atoms with Crippen molar-refractivity contribution in [3.8, 4) is 11.5 Å². The van der Waals surface area contributed by atoms with Crippen LogP contribution in [0, 0.1) is 0 Å². The summed E-state index contributed by atoms with van der Waals surface area (Å²) in [6.07, 6.45) is 2.42. The largest absolute Gasteiger partial charge is 0.368 e. The summed E-state index contributed by atoms with van der Waals surface area (Å²) in [4.78, 5) is 16.5. The predicted molar refractivity (Wildman–Crippen MR) is 56.8 cm³/mol. The van der Waals surface area contributed by atoms with Crippen LogP contribution in [0.15, 0.2) is 24.4 Å². The lowest BCUT2D eigenvalue weighted by Crippen LogP contribution is -2.04. The van der Waals surface area contributed by atoms with Crippen molar-refractivity contribution in [3.63, 3.8) is 0 Å². The van der Waals surface area contributed by atoms with Crippen LogP contribution in [0.1, 0.15) is 12.7 Å². The van der Waals surface area contributed by atoms with Crippen LogP contribution in [0.3, 0.4) is 0 Å².